The summed E-state index contributed by atoms with van der Waals surface area (Å²) < 4.78 is 7.47. The van der Waals surface area contributed by atoms with Crippen molar-refractivity contribution in [2.75, 3.05) is 0 Å². The molecule has 0 unspecified atom stereocenters. The number of hydrogen-bond donors (Lipinski definition) is 0. The van der Waals surface area contributed by atoms with Crippen molar-refractivity contribution in [2.45, 2.75) is 0 Å². The van der Waals surface area contributed by atoms with Gasteiger partial charge in [-0.15, -0.1) is 11.3 Å². The van der Waals surface area contributed by atoms with Gasteiger partial charge in [0.1, 0.15) is 0 Å². The quantitative estimate of drug-likeness (QED) is 0.166. The molecule has 0 aliphatic heterocycles. The minimum absolute atomic E-state index is 1.16. The number of nitrogens with zero attached hydrogens (tertiary/aromatic N) is 2. The van der Waals surface area contributed by atoms with Crippen molar-refractivity contribution < 1.29 is 0 Å². The SMILES string of the molecule is c1ccc(-c2ccc(-n3c4ccccc4c4cc(-c5ccc(-c6ccc7c(c6)c6ccccc6n7-c6ccc7sc8ccccc8c7c6)cc5)ccc43)cc2)cc1. The van der Waals surface area contributed by atoms with Crippen molar-refractivity contribution in [1.82, 2.24) is 9.13 Å². The highest BCUT2D eigenvalue weighted by Crippen LogP contribution is 2.40. The summed E-state index contributed by atoms with van der Waals surface area (Å²) in [4.78, 5) is 0. The summed E-state index contributed by atoms with van der Waals surface area (Å²) in [5.41, 5.74) is 14.5. The van der Waals surface area contributed by atoms with Gasteiger partial charge in [0.25, 0.3) is 0 Å². The number of aromatic nitrogens is 2. The Labute approximate surface area is 333 Å². The first-order valence-corrected chi connectivity index (χ1v) is 20.3. The predicted octanol–water partition coefficient (Wildman–Crippen LogP) is 15.2. The van der Waals surface area contributed by atoms with Crippen LogP contribution in [0, 0.1) is 0 Å². The maximum absolute atomic E-state index is 2.43. The Balaban J connectivity index is 0.908. The van der Waals surface area contributed by atoms with Gasteiger partial charge in [0.05, 0.1) is 22.1 Å². The number of hydrogen-bond acceptors (Lipinski definition) is 1. The first kappa shape index (κ1) is 32.1. The molecule has 3 heteroatoms. The maximum atomic E-state index is 2.43. The molecule has 0 amide bonds. The van der Waals surface area contributed by atoms with Gasteiger partial charge in [0.15, 0.2) is 0 Å². The molecule has 0 saturated heterocycles. The number of thiophene rings is 1. The number of para-hydroxylation sites is 2. The second kappa shape index (κ2) is 12.7. The molecule has 9 aromatic carbocycles. The summed E-state index contributed by atoms with van der Waals surface area (Å²) in [6.07, 6.45) is 0. The van der Waals surface area contributed by atoms with Crippen molar-refractivity contribution in [3.63, 3.8) is 0 Å². The third-order valence-electron chi connectivity index (χ3n) is 11.7. The second-order valence-electron chi connectivity index (χ2n) is 14.9. The highest BCUT2D eigenvalue weighted by molar-refractivity contribution is 7.25. The molecule has 266 valence electrons. The van der Waals surface area contributed by atoms with Crippen LogP contribution in [0.1, 0.15) is 0 Å². The van der Waals surface area contributed by atoms with E-state index in [1.54, 1.807) is 0 Å². The highest BCUT2D eigenvalue weighted by atomic mass is 32.1. The van der Waals surface area contributed by atoms with E-state index in [1.165, 1.54) is 103 Å². The minimum atomic E-state index is 1.16. The lowest BCUT2D eigenvalue weighted by molar-refractivity contribution is 1.18. The van der Waals surface area contributed by atoms with Gasteiger partial charge in [-0.3, -0.25) is 0 Å². The van der Waals surface area contributed by atoms with Gasteiger partial charge < -0.3 is 9.13 Å². The van der Waals surface area contributed by atoms with Gasteiger partial charge in [-0.1, -0.05) is 133 Å². The van der Waals surface area contributed by atoms with Crippen molar-refractivity contribution in [2.24, 2.45) is 0 Å². The van der Waals surface area contributed by atoms with Crippen molar-refractivity contribution >= 4 is 75.1 Å². The fourth-order valence-electron chi connectivity index (χ4n) is 9.00. The molecule has 0 fully saturated rings. The van der Waals surface area contributed by atoms with Crippen LogP contribution in [-0.4, -0.2) is 9.13 Å². The molecule has 12 aromatic rings. The van der Waals surface area contributed by atoms with Crippen LogP contribution in [0.2, 0.25) is 0 Å². The standard InChI is InChI=1S/C54H34N2S/c1-2-10-35(11-3-1)36-22-26-41(27-23-36)55-49-15-7-4-12-43(49)46-32-39(24-29-51(46)55)37-18-20-38(21-19-37)40-25-30-52-47(33-40)44-13-5-8-16-50(44)56(52)42-28-31-54-48(34-42)45-14-6-9-17-53(45)57-54/h1-34H. The van der Waals surface area contributed by atoms with Crippen LogP contribution in [0.5, 0.6) is 0 Å². The van der Waals surface area contributed by atoms with E-state index in [9.17, 15) is 0 Å². The molecule has 12 rings (SSSR count). The normalized spacial score (nSPS) is 11.9. The predicted molar refractivity (Wildman–Crippen MR) is 244 cm³/mol. The van der Waals surface area contributed by atoms with E-state index >= 15 is 0 Å². The maximum Gasteiger partial charge on any atom is 0.0541 e. The molecular formula is C54H34N2S. The van der Waals surface area contributed by atoms with E-state index in [0.717, 1.165) is 5.69 Å². The van der Waals surface area contributed by atoms with E-state index in [-0.39, 0.29) is 0 Å². The summed E-state index contributed by atoms with van der Waals surface area (Å²) in [5, 5.41) is 7.68. The minimum Gasteiger partial charge on any atom is -0.309 e. The van der Waals surface area contributed by atoms with Gasteiger partial charge in [-0.25, -0.2) is 0 Å². The van der Waals surface area contributed by atoms with Crippen LogP contribution in [0.3, 0.4) is 0 Å². The van der Waals surface area contributed by atoms with Gasteiger partial charge in [-0.2, -0.15) is 0 Å². The Hall–Kier alpha value is -7.20. The molecule has 0 aliphatic carbocycles. The summed E-state index contributed by atoms with van der Waals surface area (Å²) >= 11 is 1.86. The summed E-state index contributed by atoms with van der Waals surface area (Å²) in [7, 11) is 0. The zero-order valence-electron chi connectivity index (χ0n) is 30.9. The van der Waals surface area contributed by atoms with E-state index in [1.807, 2.05) is 11.3 Å². The zero-order chi connectivity index (χ0) is 37.5. The van der Waals surface area contributed by atoms with Gasteiger partial charge in [-0.05, 0) is 106 Å². The Kier molecular flexibility index (Phi) is 7.13. The fraction of sp³-hybridized carbons (Fsp3) is 0. The van der Waals surface area contributed by atoms with Crippen molar-refractivity contribution in [3.8, 4) is 44.8 Å². The molecule has 0 N–H and O–H groups in total. The second-order valence-corrected chi connectivity index (χ2v) is 16.0. The van der Waals surface area contributed by atoms with Crippen LogP contribution < -0.4 is 0 Å². The van der Waals surface area contributed by atoms with Gasteiger partial charge in [0, 0.05) is 53.1 Å². The van der Waals surface area contributed by atoms with E-state index in [2.05, 4.69) is 215 Å². The fourth-order valence-corrected chi connectivity index (χ4v) is 10.1. The van der Waals surface area contributed by atoms with E-state index < -0.39 is 0 Å². The Morgan fingerprint density at radius 2 is 0.667 bits per heavy atom. The number of benzene rings is 9. The number of fused-ring (bicyclic) bond motifs is 9. The van der Waals surface area contributed by atoms with Crippen LogP contribution in [0.4, 0.5) is 0 Å². The van der Waals surface area contributed by atoms with Crippen LogP contribution in [0.15, 0.2) is 206 Å². The lowest BCUT2D eigenvalue weighted by Gasteiger charge is -2.10. The monoisotopic (exact) mass is 742 g/mol. The topological polar surface area (TPSA) is 9.86 Å². The molecule has 57 heavy (non-hydrogen) atoms. The molecule has 0 radical (unpaired) electrons. The van der Waals surface area contributed by atoms with Crippen molar-refractivity contribution in [1.29, 1.82) is 0 Å². The largest absolute Gasteiger partial charge is 0.309 e. The molecule has 0 bridgehead atoms. The van der Waals surface area contributed by atoms with Crippen LogP contribution in [-0.2, 0) is 0 Å². The zero-order valence-corrected chi connectivity index (χ0v) is 31.7. The average molecular weight is 743 g/mol. The van der Waals surface area contributed by atoms with E-state index in [4.69, 9.17) is 0 Å². The summed E-state index contributed by atoms with van der Waals surface area (Å²) in [6.45, 7) is 0. The summed E-state index contributed by atoms with van der Waals surface area (Å²) in [5.74, 6) is 0. The highest BCUT2D eigenvalue weighted by Gasteiger charge is 2.16. The lowest BCUT2D eigenvalue weighted by atomic mass is 9.98. The Morgan fingerprint density at radius 3 is 1.30 bits per heavy atom. The smallest absolute Gasteiger partial charge is 0.0541 e. The lowest BCUT2D eigenvalue weighted by Crippen LogP contribution is -1.93. The molecule has 0 saturated carbocycles. The molecule has 3 heterocycles. The number of rotatable bonds is 5. The molecule has 0 aliphatic rings. The molecule has 0 spiro atoms. The van der Waals surface area contributed by atoms with Crippen molar-refractivity contribution in [3.05, 3.63) is 206 Å². The average Bonchev–Trinajstić information content (AvgIpc) is 3.94. The molecule has 2 nitrogen and oxygen atoms in total. The van der Waals surface area contributed by atoms with Crippen LogP contribution in [0.25, 0.3) is 109 Å². The van der Waals surface area contributed by atoms with Gasteiger partial charge in [0.2, 0.25) is 0 Å². The third kappa shape index (κ3) is 5.10. The first-order valence-electron chi connectivity index (χ1n) is 19.5. The summed E-state index contributed by atoms with van der Waals surface area (Å²) in [6, 6.07) is 75.6. The molecular weight excluding hydrogens is 709 g/mol. The molecule has 3 aromatic heterocycles. The van der Waals surface area contributed by atoms with Crippen LogP contribution >= 0.6 is 11.3 Å². The third-order valence-corrected chi connectivity index (χ3v) is 12.9. The Bertz CT molecular complexity index is 3490. The van der Waals surface area contributed by atoms with Gasteiger partial charge >= 0.3 is 0 Å². The first-order chi connectivity index (χ1) is 28.2. The molecule has 0 atom stereocenters. The Morgan fingerprint density at radius 1 is 0.246 bits per heavy atom. The van der Waals surface area contributed by atoms with E-state index in [0.29, 0.717) is 0 Å².